The van der Waals surface area contributed by atoms with Crippen molar-refractivity contribution in [1.29, 1.82) is 0 Å². The first-order valence-electron chi connectivity index (χ1n) is 10.2. The maximum atomic E-state index is 12.6. The normalized spacial score (nSPS) is 14.9. The van der Waals surface area contributed by atoms with Crippen LogP contribution in [-0.4, -0.2) is 45.1 Å². The minimum Gasteiger partial charge on any atom is -0.350 e. The molecule has 0 radical (unpaired) electrons. The Balaban J connectivity index is 1.68. The summed E-state index contributed by atoms with van der Waals surface area (Å²) >= 11 is 12.2. The van der Waals surface area contributed by atoms with E-state index in [1.165, 1.54) is 30.9 Å². The van der Waals surface area contributed by atoms with Crippen molar-refractivity contribution < 1.29 is 13.2 Å². The average Bonchev–Trinajstić information content (AvgIpc) is 2.74. The van der Waals surface area contributed by atoms with Crippen molar-refractivity contribution in [3.8, 4) is 0 Å². The molecule has 0 bridgehead atoms. The van der Waals surface area contributed by atoms with Crippen LogP contribution in [0.2, 0.25) is 10.0 Å². The molecule has 1 heterocycles. The van der Waals surface area contributed by atoms with Crippen LogP contribution in [0.5, 0.6) is 0 Å². The van der Waals surface area contributed by atoms with Crippen LogP contribution < -0.4 is 9.62 Å². The third-order valence-corrected chi connectivity index (χ3v) is 7.26. The Morgan fingerprint density at radius 3 is 2.39 bits per heavy atom. The molecule has 0 aliphatic carbocycles. The zero-order chi connectivity index (χ0) is 22.4. The number of likely N-dealkylation sites (tertiary alicyclic amines) is 1. The number of amides is 1. The molecule has 1 N–H and O–H groups in total. The summed E-state index contributed by atoms with van der Waals surface area (Å²) < 4.78 is 25.6. The van der Waals surface area contributed by atoms with E-state index in [4.69, 9.17) is 23.2 Å². The molecule has 1 amide bonds. The molecule has 3 rings (SSSR count). The van der Waals surface area contributed by atoms with E-state index >= 15 is 0 Å². The molecule has 0 spiro atoms. The zero-order valence-corrected chi connectivity index (χ0v) is 19.8. The number of halogens is 2. The molecule has 0 aromatic heterocycles. The smallest absolute Gasteiger partial charge is 0.241 e. The Morgan fingerprint density at radius 2 is 1.71 bits per heavy atom. The molecule has 31 heavy (non-hydrogen) atoms. The van der Waals surface area contributed by atoms with Gasteiger partial charge < -0.3 is 5.32 Å². The summed E-state index contributed by atoms with van der Waals surface area (Å²) in [6, 6.07) is 12.7. The molecule has 1 aliphatic rings. The Hall–Kier alpha value is -1.80. The van der Waals surface area contributed by atoms with E-state index in [2.05, 4.69) is 16.3 Å². The molecule has 0 atom stereocenters. The lowest BCUT2D eigenvalue weighted by Crippen LogP contribution is -2.40. The average molecular weight is 484 g/mol. The molecule has 0 unspecified atom stereocenters. The van der Waals surface area contributed by atoms with Gasteiger partial charge in [0.15, 0.2) is 0 Å². The molecular formula is C22H27Cl2N3O3S. The van der Waals surface area contributed by atoms with Crippen molar-refractivity contribution in [1.82, 2.24) is 10.2 Å². The summed E-state index contributed by atoms with van der Waals surface area (Å²) in [5.74, 6) is -0.422. The molecule has 1 saturated heterocycles. The van der Waals surface area contributed by atoms with Crippen LogP contribution in [0.25, 0.3) is 0 Å². The Morgan fingerprint density at radius 1 is 1.03 bits per heavy atom. The molecule has 1 aliphatic heterocycles. The van der Waals surface area contributed by atoms with E-state index in [1.54, 1.807) is 12.1 Å². The molecule has 9 heteroatoms. The van der Waals surface area contributed by atoms with E-state index < -0.39 is 15.9 Å². The highest BCUT2D eigenvalue weighted by Gasteiger charge is 2.24. The van der Waals surface area contributed by atoms with Crippen molar-refractivity contribution in [2.45, 2.75) is 32.4 Å². The van der Waals surface area contributed by atoms with E-state index in [-0.39, 0.29) is 22.3 Å². The number of carbonyl (C=O) groups is 1. The predicted molar refractivity (Wildman–Crippen MR) is 126 cm³/mol. The van der Waals surface area contributed by atoms with Crippen LogP contribution >= 0.6 is 23.2 Å². The summed E-state index contributed by atoms with van der Waals surface area (Å²) in [6.07, 6.45) is 4.74. The number of nitrogens with zero attached hydrogens (tertiary/aromatic N) is 2. The number of carbonyl (C=O) groups excluding carboxylic acids is 1. The molecular weight excluding hydrogens is 457 g/mol. The Bertz CT molecular complexity index is 1020. The van der Waals surface area contributed by atoms with E-state index in [0.29, 0.717) is 6.54 Å². The van der Waals surface area contributed by atoms with Gasteiger partial charge in [0.2, 0.25) is 15.9 Å². The fraction of sp³-hybridized carbons (Fsp3) is 0.409. The first kappa shape index (κ1) is 23.9. The number of hydrogen-bond donors (Lipinski definition) is 1. The summed E-state index contributed by atoms with van der Waals surface area (Å²) in [6.45, 7) is 2.96. The summed E-state index contributed by atoms with van der Waals surface area (Å²) in [4.78, 5) is 15.1. The first-order valence-corrected chi connectivity index (χ1v) is 12.8. The second kappa shape index (κ2) is 10.7. The van der Waals surface area contributed by atoms with Crippen molar-refractivity contribution in [3.63, 3.8) is 0 Å². The van der Waals surface area contributed by atoms with Gasteiger partial charge in [-0.3, -0.25) is 14.0 Å². The number of hydrogen-bond acceptors (Lipinski definition) is 4. The van der Waals surface area contributed by atoms with Crippen LogP contribution in [0.3, 0.4) is 0 Å². The van der Waals surface area contributed by atoms with Crippen LogP contribution in [0, 0.1) is 0 Å². The summed E-state index contributed by atoms with van der Waals surface area (Å²) in [5.41, 5.74) is 2.37. The van der Waals surface area contributed by atoms with E-state index in [0.717, 1.165) is 35.8 Å². The number of anilines is 1. The van der Waals surface area contributed by atoms with Gasteiger partial charge in [-0.15, -0.1) is 0 Å². The topological polar surface area (TPSA) is 69.7 Å². The Labute approximate surface area is 194 Å². The monoisotopic (exact) mass is 483 g/mol. The van der Waals surface area contributed by atoms with Crippen molar-refractivity contribution in [3.05, 3.63) is 63.6 Å². The van der Waals surface area contributed by atoms with Crippen molar-refractivity contribution in [2.75, 3.05) is 30.2 Å². The summed E-state index contributed by atoms with van der Waals surface area (Å²) in [5, 5.41) is 3.16. The second-order valence-electron chi connectivity index (χ2n) is 7.72. The van der Waals surface area contributed by atoms with Gasteiger partial charge in [0, 0.05) is 13.1 Å². The molecule has 168 valence electrons. The zero-order valence-electron chi connectivity index (χ0n) is 17.5. The van der Waals surface area contributed by atoms with Gasteiger partial charge in [-0.2, -0.15) is 0 Å². The number of benzene rings is 2. The van der Waals surface area contributed by atoms with Gasteiger partial charge >= 0.3 is 0 Å². The van der Waals surface area contributed by atoms with Crippen LogP contribution in [0.1, 0.15) is 30.4 Å². The second-order valence-corrected chi connectivity index (χ2v) is 10.4. The molecule has 2 aromatic rings. The summed E-state index contributed by atoms with van der Waals surface area (Å²) in [7, 11) is -3.74. The van der Waals surface area contributed by atoms with Gasteiger partial charge in [-0.25, -0.2) is 8.42 Å². The molecule has 0 saturated carbocycles. The lowest BCUT2D eigenvalue weighted by atomic mass is 10.0. The van der Waals surface area contributed by atoms with Gasteiger partial charge in [0.05, 0.1) is 22.0 Å². The van der Waals surface area contributed by atoms with Gasteiger partial charge in [-0.05, 0) is 49.2 Å². The highest BCUT2D eigenvalue weighted by atomic mass is 35.5. The maximum Gasteiger partial charge on any atom is 0.241 e. The third-order valence-electron chi connectivity index (χ3n) is 5.32. The van der Waals surface area contributed by atoms with Gasteiger partial charge in [0.1, 0.15) is 6.54 Å². The quantitative estimate of drug-likeness (QED) is 0.614. The van der Waals surface area contributed by atoms with Crippen molar-refractivity contribution in [2.24, 2.45) is 0 Å². The lowest BCUT2D eigenvalue weighted by Gasteiger charge is -2.27. The SMILES string of the molecule is CS(=O)(=O)N(CC(=O)NCc1ccccc1CN1CCCCC1)c1cccc(Cl)c1Cl. The minimum atomic E-state index is -3.74. The number of sulfonamides is 1. The van der Waals surface area contributed by atoms with Crippen LogP contribution in [0.4, 0.5) is 5.69 Å². The standard InChI is InChI=1S/C22H27Cl2N3O3S/c1-31(29,30)27(20-11-7-10-19(23)22(20)24)16-21(28)25-14-17-8-3-4-9-18(17)15-26-12-5-2-6-13-26/h3-4,7-11H,2,5-6,12-16H2,1H3,(H,25,28). The number of rotatable bonds is 8. The maximum absolute atomic E-state index is 12.6. The fourth-order valence-corrected chi connectivity index (χ4v) is 5.00. The number of nitrogens with one attached hydrogen (secondary N) is 1. The third kappa shape index (κ3) is 6.59. The first-order chi connectivity index (χ1) is 14.8. The molecule has 1 fully saturated rings. The number of piperidine rings is 1. The van der Waals surface area contributed by atoms with Gasteiger partial charge in [-0.1, -0.05) is 60.0 Å². The van der Waals surface area contributed by atoms with Crippen LogP contribution in [0.15, 0.2) is 42.5 Å². The lowest BCUT2D eigenvalue weighted by molar-refractivity contribution is -0.119. The van der Waals surface area contributed by atoms with E-state index in [1.807, 2.05) is 18.2 Å². The highest BCUT2D eigenvalue weighted by molar-refractivity contribution is 7.92. The fourth-order valence-electron chi connectivity index (χ4n) is 3.69. The Kier molecular flexibility index (Phi) is 8.22. The van der Waals surface area contributed by atoms with E-state index in [9.17, 15) is 13.2 Å². The van der Waals surface area contributed by atoms with Crippen LogP contribution in [-0.2, 0) is 27.9 Å². The highest BCUT2D eigenvalue weighted by Crippen LogP contribution is 2.33. The minimum absolute atomic E-state index is 0.0919. The van der Waals surface area contributed by atoms with Gasteiger partial charge in [0.25, 0.3) is 0 Å². The largest absolute Gasteiger partial charge is 0.350 e. The predicted octanol–water partition coefficient (Wildman–Crippen LogP) is 4.06. The molecule has 6 nitrogen and oxygen atoms in total. The van der Waals surface area contributed by atoms with Crippen molar-refractivity contribution >= 4 is 44.8 Å². The molecule has 2 aromatic carbocycles.